The van der Waals surface area contributed by atoms with E-state index in [0.717, 1.165) is 30.5 Å². The Morgan fingerprint density at radius 1 is 1.00 bits per heavy atom. The van der Waals surface area contributed by atoms with Crippen LogP contribution in [0.2, 0.25) is 0 Å². The van der Waals surface area contributed by atoms with Gasteiger partial charge in [0.15, 0.2) is 5.76 Å². The third-order valence-electron chi connectivity index (χ3n) is 5.37. The summed E-state index contributed by atoms with van der Waals surface area (Å²) in [5.74, 6) is 2.63. The monoisotopic (exact) mass is 361 g/mol. The van der Waals surface area contributed by atoms with Crippen molar-refractivity contribution in [2.24, 2.45) is 5.92 Å². The van der Waals surface area contributed by atoms with Crippen molar-refractivity contribution in [3.8, 4) is 5.75 Å². The largest absolute Gasteiger partial charge is 0.486 e. The summed E-state index contributed by atoms with van der Waals surface area (Å²) in [4.78, 5) is 14.8. The van der Waals surface area contributed by atoms with Gasteiger partial charge in [-0.05, 0) is 66.6 Å². The van der Waals surface area contributed by atoms with Crippen LogP contribution in [0.25, 0.3) is 10.8 Å². The summed E-state index contributed by atoms with van der Waals surface area (Å²) in [5.41, 5.74) is 0. The molecule has 0 aliphatic heterocycles. The average molecular weight is 361 g/mol. The van der Waals surface area contributed by atoms with Crippen LogP contribution in [0.1, 0.15) is 42.0 Å². The zero-order valence-electron chi connectivity index (χ0n) is 15.3. The Morgan fingerprint density at radius 3 is 2.59 bits per heavy atom. The molecule has 2 aliphatic carbocycles. The van der Waals surface area contributed by atoms with Gasteiger partial charge in [0.25, 0.3) is 5.91 Å². The van der Waals surface area contributed by atoms with Crippen molar-refractivity contribution in [1.29, 1.82) is 0 Å². The van der Waals surface area contributed by atoms with E-state index in [-0.39, 0.29) is 5.91 Å². The molecule has 2 aliphatic rings. The number of furan rings is 1. The molecule has 27 heavy (non-hydrogen) atoms. The van der Waals surface area contributed by atoms with Crippen LogP contribution in [-0.2, 0) is 6.61 Å². The second-order valence-corrected chi connectivity index (χ2v) is 7.70. The minimum absolute atomic E-state index is 0.0290. The third-order valence-corrected chi connectivity index (χ3v) is 5.37. The second-order valence-electron chi connectivity index (χ2n) is 7.70. The summed E-state index contributed by atoms with van der Waals surface area (Å²) in [5, 5.41) is 2.33. The number of benzene rings is 2. The number of ether oxygens (including phenoxy) is 1. The maximum atomic E-state index is 12.8. The van der Waals surface area contributed by atoms with E-state index in [0.29, 0.717) is 30.1 Å². The van der Waals surface area contributed by atoms with Crippen LogP contribution in [0, 0.1) is 5.92 Å². The van der Waals surface area contributed by atoms with Gasteiger partial charge in [-0.2, -0.15) is 0 Å². The van der Waals surface area contributed by atoms with Gasteiger partial charge in [0.2, 0.25) is 0 Å². The number of hydrogen-bond donors (Lipinski definition) is 0. The van der Waals surface area contributed by atoms with Crippen molar-refractivity contribution >= 4 is 16.7 Å². The minimum Gasteiger partial charge on any atom is -0.486 e. The molecule has 3 aromatic rings. The molecule has 4 nitrogen and oxygen atoms in total. The summed E-state index contributed by atoms with van der Waals surface area (Å²) < 4.78 is 11.7. The Bertz CT molecular complexity index is 968. The predicted octanol–water partition coefficient (Wildman–Crippen LogP) is 5.03. The first-order chi connectivity index (χ1) is 13.3. The van der Waals surface area contributed by atoms with E-state index >= 15 is 0 Å². The van der Waals surface area contributed by atoms with Crippen LogP contribution in [0.4, 0.5) is 0 Å². The van der Waals surface area contributed by atoms with E-state index in [4.69, 9.17) is 9.15 Å². The van der Waals surface area contributed by atoms with Gasteiger partial charge in [-0.1, -0.05) is 30.3 Å². The van der Waals surface area contributed by atoms with E-state index in [2.05, 4.69) is 12.1 Å². The first kappa shape index (κ1) is 16.4. The number of rotatable bonds is 7. The lowest BCUT2D eigenvalue weighted by Gasteiger charge is -2.20. The molecule has 1 heterocycles. The lowest BCUT2D eigenvalue weighted by atomic mass is 10.1. The van der Waals surface area contributed by atoms with Gasteiger partial charge in [0.05, 0.1) is 0 Å². The molecule has 2 fully saturated rings. The molecule has 0 saturated heterocycles. The number of carbonyl (C=O) groups excluding carboxylic acids is 1. The minimum atomic E-state index is 0.0290. The van der Waals surface area contributed by atoms with Gasteiger partial charge in [0.1, 0.15) is 18.1 Å². The Morgan fingerprint density at radius 2 is 1.81 bits per heavy atom. The Balaban J connectivity index is 1.25. The van der Waals surface area contributed by atoms with Gasteiger partial charge in [-0.25, -0.2) is 0 Å². The standard InChI is InChI=1S/C23H23NO3/c25-23(24(19-8-9-19)14-16-5-6-16)22-12-11-21(27-22)15-26-20-10-7-17-3-1-2-4-18(17)13-20/h1-4,7,10-13,16,19H,5-6,8-9,14-15H2. The molecule has 0 N–H and O–H groups in total. The van der Waals surface area contributed by atoms with Gasteiger partial charge in [0, 0.05) is 12.6 Å². The lowest BCUT2D eigenvalue weighted by molar-refractivity contribution is 0.0698. The molecule has 1 amide bonds. The maximum absolute atomic E-state index is 12.8. The van der Waals surface area contributed by atoms with Crippen molar-refractivity contribution in [2.75, 3.05) is 6.54 Å². The van der Waals surface area contributed by atoms with Crippen molar-refractivity contribution in [1.82, 2.24) is 4.90 Å². The Hall–Kier alpha value is -2.75. The second kappa shape index (κ2) is 6.76. The number of amides is 1. The molecule has 0 unspecified atom stereocenters. The quantitative estimate of drug-likeness (QED) is 0.593. The molecule has 5 rings (SSSR count). The summed E-state index contributed by atoms with van der Waals surface area (Å²) in [7, 11) is 0. The zero-order valence-corrected chi connectivity index (χ0v) is 15.3. The van der Waals surface area contributed by atoms with Crippen LogP contribution in [0.5, 0.6) is 5.75 Å². The van der Waals surface area contributed by atoms with E-state index in [1.807, 2.05) is 41.3 Å². The Kier molecular flexibility index (Phi) is 4.12. The summed E-state index contributed by atoms with van der Waals surface area (Å²) in [6.45, 7) is 1.20. The molecule has 4 heteroatoms. The number of nitrogens with zero attached hydrogens (tertiary/aromatic N) is 1. The topological polar surface area (TPSA) is 42.7 Å². The maximum Gasteiger partial charge on any atom is 0.289 e. The fourth-order valence-corrected chi connectivity index (χ4v) is 3.49. The molecule has 2 aromatic carbocycles. The molecule has 1 aromatic heterocycles. The molecule has 0 radical (unpaired) electrons. The molecular weight excluding hydrogens is 338 g/mol. The highest BCUT2D eigenvalue weighted by atomic mass is 16.5. The van der Waals surface area contributed by atoms with Crippen LogP contribution in [-0.4, -0.2) is 23.4 Å². The van der Waals surface area contributed by atoms with Crippen LogP contribution in [0.15, 0.2) is 59.0 Å². The first-order valence-corrected chi connectivity index (χ1v) is 9.77. The van der Waals surface area contributed by atoms with Crippen molar-refractivity contribution < 1.29 is 13.9 Å². The third kappa shape index (κ3) is 3.70. The van der Waals surface area contributed by atoms with Gasteiger partial charge in [-0.3, -0.25) is 4.79 Å². The van der Waals surface area contributed by atoms with E-state index in [1.54, 1.807) is 6.07 Å². The highest BCUT2D eigenvalue weighted by molar-refractivity contribution is 5.92. The number of carbonyl (C=O) groups is 1. The Labute approximate surface area is 158 Å². The number of fused-ring (bicyclic) bond motifs is 1. The highest BCUT2D eigenvalue weighted by Gasteiger charge is 2.37. The lowest BCUT2D eigenvalue weighted by Crippen LogP contribution is -2.34. The summed E-state index contributed by atoms with van der Waals surface area (Å²) >= 11 is 0. The zero-order chi connectivity index (χ0) is 18.2. The van der Waals surface area contributed by atoms with Gasteiger partial charge < -0.3 is 14.1 Å². The van der Waals surface area contributed by atoms with E-state index < -0.39 is 0 Å². The summed E-state index contributed by atoms with van der Waals surface area (Å²) in [6.07, 6.45) is 4.74. The fourth-order valence-electron chi connectivity index (χ4n) is 3.49. The molecular formula is C23H23NO3. The highest BCUT2D eigenvalue weighted by Crippen LogP contribution is 2.35. The SMILES string of the molecule is O=C(c1ccc(COc2ccc3ccccc3c2)o1)N(CC1CC1)C1CC1. The molecule has 2 saturated carbocycles. The fraction of sp³-hybridized carbons (Fsp3) is 0.348. The van der Waals surface area contributed by atoms with Crippen molar-refractivity contribution in [2.45, 2.75) is 38.3 Å². The van der Waals surface area contributed by atoms with Crippen molar-refractivity contribution in [3.63, 3.8) is 0 Å². The molecule has 0 atom stereocenters. The molecule has 0 bridgehead atoms. The van der Waals surface area contributed by atoms with Crippen molar-refractivity contribution in [3.05, 3.63) is 66.1 Å². The van der Waals surface area contributed by atoms with Gasteiger partial charge in [-0.15, -0.1) is 0 Å². The van der Waals surface area contributed by atoms with Crippen LogP contribution < -0.4 is 4.74 Å². The van der Waals surface area contributed by atoms with Gasteiger partial charge >= 0.3 is 0 Å². The smallest absolute Gasteiger partial charge is 0.289 e. The first-order valence-electron chi connectivity index (χ1n) is 9.77. The van der Waals surface area contributed by atoms with Crippen LogP contribution in [0.3, 0.4) is 0 Å². The van der Waals surface area contributed by atoms with E-state index in [9.17, 15) is 4.79 Å². The van der Waals surface area contributed by atoms with E-state index in [1.165, 1.54) is 18.2 Å². The number of hydrogen-bond acceptors (Lipinski definition) is 3. The average Bonchev–Trinajstić information content (AvgIpc) is 3.63. The summed E-state index contributed by atoms with van der Waals surface area (Å²) in [6, 6.07) is 18.3. The normalized spacial score (nSPS) is 16.4. The van der Waals surface area contributed by atoms with Crippen LogP contribution >= 0.6 is 0 Å². The molecule has 138 valence electrons. The predicted molar refractivity (Wildman–Crippen MR) is 104 cm³/mol. The molecule has 0 spiro atoms.